The summed E-state index contributed by atoms with van der Waals surface area (Å²) in [5.41, 5.74) is 16.2. The van der Waals surface area contributed by atoms with Crippen molar-refractivity contribution in [2.45, 2.75) is 0 Å². The molecule has 9 aromatic rings. The van der Waals surface area contributed by atoms with E-state index in [-0.39, 0.29) is 0 Å². The zero-order chi connectivity index (χ0) is 28.8. The molecule has 0 bridgehead atoms. The molecule has 204 valence electrons. The van der Waals surface area contributed by atoms with E-state index in [9.17, 15) is 0 Å². The largest absolute Gasteiger partial charge is 0.353 e. The van der Waals surface area contributed by atoms with Gasteiger partial charge in [0.05, 0.1) is 16.6 Å². The first-order valence-electron chi connectivity index (χ1n) is 15.2. The maximum Gasteiger partial charge on any atom is 0.0797 e. The van der Waals surface area contributed by atoms with Crippen LogP contribution in [0.5, 0.6) is 0 Å². The molecule has 7 aromatic carbocycles. The van der Waals surface area contributed by atoms with Crippen LogP contribution in [0.3, 0.4) is 0 Å². The summed E-state index contributed by atoms with van der Waals surface area (Å²) in [6, 6.07) is 55.3. The zero-order valence-corrected chi connectivity index (χ0v) is 23.9. The highest BCUT2D eigenvalue weighted by Gasteiger charge is 2.22. The molecule has 0 radical (unpaired) electrons. The lowest BCUT2D eigenvalue weighted by molar-refractivity contribution is 1.19. The quantitative estimate of drug-likeness (QED) is 0.223. The van der Waals surface area contributed by atoms with E-state index in [0.717, 1.165) is 5.52 Å². The number of aromatic nitrogens is 2. The van der Waals surface area contributed by atoms with Crippen LogP contribution in [-0.2, 0) is 0 Å². The lowest BCUT2D eigenvalue weighted by atomic mass is 9.93. The monoisotopic (exact) mass is 558 g/mol. The van der Waals surface area contributed by atoms with Crippen molar-refractivity contribution in [3.8, 4) is 50.2 Å². The Morgan fingerprint density at radius 2 is 1.05 bits per heavy atom. The minimum Gasteiger partial charge on any atom is -0.353 e. The lowest BCUT2D eigenvalue weighted by Gasteiger charge is -2.11. The van der Waals surface area contributed by atoms with E-state index >= 15 is 0 Å². The summed E-state index contributed by atoms with van der Waals surface area (Å²) in [6.45, 7) is 0. The molecule has 2 aromatic heterocycles. The van der Waals surface area contributed by atoms with Crippen LogP contribution in [0.25, 0.3) is 93.8 Å². The summed E-state index contributed by atoms with van der Waals surface area (Å²) in [6.07, 6.45) is 0. The summed E-state index contributed by atoms with van der Waals surface area (Å²) in [7, 11) is 0. The fourth-order valence-corrected chi connectivity index (χ4v) is 7.53. The molecule has 0 saturated heterocycles. The van der Waals surface area contributed by atoms with Gasteiger partial charge in [-0.2, -0.15) is 0 Å². The normalized spacial score (nSPS) is 12.1. The van der Waals surface area contributed by atoms with Crippen LogP contribution in [0.4, 0.5) is 0 Å². The van der Waals surface area contributed by atoms with Gasteiger partial charge in [0, 0.05) is 22.0 Å². The summed E-state index contributed by atoms with van der Waals surface area (Å²) < 4.78 is 2.39. The number of para-hydroxylation sites is 2. The second kappa shape index (κ2) is 8.82. The van der Waals surface area contributed by atoms with Crippen LogP contribution >= 0.6 is 0 Å². The van der Waals surface area contributed by atoms with Gasteiger partial charge < -0.3 is 9.55 Å². The van der Waals surface area contributed by atoms with Crippen molar-refractivity contribution in [1.82, 2.24) is 9.55 Å². The summed E-state index contributed by atoms with van der Waals surface area (Å²) in [4.78, 5) is 3.74. The van der Waals surface area contributed by atoms with Gasteiger partial charge in [-0.25, -0.2) is 0 Å². The predicted octanol–water partition coefficient (Wildman–Crippen LogP) is 11.4. The van der Waals surface area contributed by atoms with Crippen molar-refractivity contribution >= 4 is 43.6 Å². The average Bonchev–Trinajstić information content (AvgIpc) is 3.73. The Kier molecular flexibility index (Phi) is 4.75. The van der Waals surface area contributed by atoms with Crippen molar-refractivity contribution in [3.05, 3.63) is 152 Å². The van der Waals surface area contributed by atoms with E-state index < -0.39 is 0 Å². The number of rotatable bonds is 3. The van der Waals surface area contributed by atoms with Gasteiger partial charge in [-0.15, -0.1) is 0 Å². The molecule has 0 spiro atoms. The Labute approximate surface area is 254 Å². The molecule has 0 fully saturated rings. The smallest absolute Gasteiger partial charge is 0.0797 e. The first-order valence-corrected chi connectivity index (χ1v) is 15.2. The van der Waals surface area contributed by atoms with Gasteiger partial charge in [0.2, 0.25) is 0 Å². The summed E-state index contributed by atoms with van der Waals surface area (Å²) in [5, 5.41) is 5.15. The number of nitrogens with one attached hydrogen (secondary N) is 1. The fourth-order valence-electron chi connectivity index (χ4n) is 7.53. The molecule has 0 saturated carbocycles. The molecule has 10 rings (SSSR count). The maximum atomic E-state index is 3.74. The maximum absolute atomic E-state index is 3.74. The van der Waals surface area contributed by atoms with Gasteiger partial charge in [0.1, 0.15) is 0 Å². The van der Waals surface area contributed by atoms with Gasteiger partial charge in [0.15, 0.2) is 0 Å². The lowest BCUT2D eigenvalue weighted by Crippen LogP contribution is -1.93. The Hall–Kier alpha value is -5.86. The first kappa shape index (κ1) is 23.7. The molecule has 0 aliphatic heterocycles. The second-order valence-corrected chi connectivity index (χ2v) is 11.8. The summed E-state index contributed by atoms with van der Waals surface area (Å²) in [5.74, 6) is 0. The molecule has 0 amide bonds. The van der Waals surface area contributed by atoms with Crippen LogP contribution in [0.1, 0.15) is 0 Å². The highest BCUT2D eigenvalue weighted by molar-refractivity contribution is 6.20. The van der Waals surface area contributed by atoms with Gasteiger partial charge in [-0.05, 0) is 85.6 Å². The van der Waals surface area contributed by atoms with Gasteiger partial charge in [-0.1, -0.05) is 121 Å². The molecule has 2 heterocycles. The number of benzene rings is 7. The van der Waals surface area contributed by atoms with Crippen molar-refractivity contribution in [1.29, 1.82) is 0 Å². The molecule has 2 nitrogen and oxygen atoms in total. The van der Waals surface area contributed by atoms with E-state index in [0.29, 0.717) is 0 Å². The van der Waals surface area contributed by atoms with Crippen molar-refractivity contribution in [2.75, 3.05) is 0 Å². The van der Waals surface area contributed by atoms with E-state index in [1.54, 1.807) is 0 Å². The molecule has 1 N–H and O–H groups in total. The van der Waals surface area contributed by atoms with Crippen molar-refractivity contribution in [3.63, 3.8) is 0 Å². The molecular formula is C42H26N2. The highest BCUT2D eigenvalue weighted by atomic mass is 15.0. The van der Waals surface area contributed by atoms with Crippen LogP contribution < -0.4 is 0 Å². The van der Waals surface area contributed by atoms with Crippen LogP contribution in [0.2, 0.25) is 0 Å². The number of hydrogen-bond acceptors (Lipinski definition) is 0. The van der Waals surface area contributed by atoms with Gasteiger partial charge in [-0.3, -0.25) is 0 Å². The standard InChI is InChI=1S/C42H26N2/c1-2-9-29(10-3-1)44-39-24-21-28(25-37(39)41-42(44)36-13-6-7-16-38(36)43-41)26-17-19-27(20-18-26)30-22-23-35-32-12-5-4-11-31(32)34-15-8-14-33(30)40(34)35/h1-25,43H. The number of hydrogen-bond donors (Lipinski definition) is 1. The highest BCUT2D eigenvalue weighted by Crippen LogP contribution is 2.49. The van der Waals surface area contributed by atoms with E-state index in [1.165, 1.54) is 88.3 Å². The van der Waals surface area contributed by atoms with Gasteiger partial charge in [0.25, 0.3) is 0 Å². The van der Waals surface area contributed by atoms with Crippen LogP contribution in [-0.4, -0.2) is 9.55 Å². The predicted molar refractivity (Wildman–Crippen MR) is 185 cm³/mol. The molecule has 0 unspecified atom stereocenters. The number of nitrogens with zero attached hydrogens (tertiary/aromatic N) is 1. The molecule has 1 aliphatic carbocycles. The van der Waals surface area contributed by atoms with E-state index in [2.05, 4.69) is 161 Å². The van der Waals surface area contributed by atoms with E-state index in [4.69, 9.17) is 0 Å². The minimum absolute atomic E-state index is 1.16. The topological polar surface area (TPSA) is 20.7 Å². The zero-order valence-electron chi connectivity index (χ0n) is 23.9. The third-order valence-electron chi connectivity index (χ3n) is 9.50. The van der Waals surface area contributed by atoms with E-state index in [1.807, 2.05) is 0 Å². The molecule has 1 aliphatic rings. The SMILES string of the molecule is c1ccc(-n2c3ccc(-c4ccc(-c5ccc6c7c(cccc57)-c5ccccc5-6)cc4)cc3c3[nH]c4ccccc4c32)cc1. The Bertz CT molecular complexity index is 2550. The fraction of sp³-hybridized carbons (Fsp3) is 0. The van der Waals surface area contributed by atoms with Crippen molar-refractivity contribution in [2.24, 2.45) is 0 Å². The molecule has 0 atom stereocenters. The number of fused-ring (bicyclic) bond motifs is 8. The molecular weight excluding hydrogens is 532 g/mol. The molecule has 2 heteroatoms. The minimum atomic E-state index is 1.16. The Morgan fingerprint density at radius 3 is 1.89 bits per heavy atom. The third kappa shape index (κ3) is 3.20. The third-order valence-corrected chi connectivity index (χ3v) is 9.50. The molecule has 44 heavy (non-hydrogen) atoms. The summed E-state index contributed by atoms with van der Waals surface area (Å²) >= 11 is 0. The Balaban J connectivity index is 1.11. The Morgan fingerprint density at radius 1 is 0.409 bits per heavy atom. The van der Waals surface area contributed by atoms with Crippen LogP contribution in [0, 0.1) is 0 Å². The first-order chi connectivity index (χ1) is 21.8. The second-order valence-electron chi connectivity index (χ2n) is 11.8. The van der Waals surface area contributed by atoms with Crippen LogP contribution in [0.15, 0.2) is 152 Å². The van der Waals surface area contributed by atoms with Gasteiger partial charge >= 0.3 is 0 Å². The number of H-pyrrole nitrogens is 1. The number of aromatic amines is 1. The van der Waals surface area contributed by atoms with Crippen molar-refractivity contribution < 1.29 is 0 Å². The average molecular weight is 559 g/mol.